The summed E-state index contributed by atoms with van der Waals surface area (Å²) in [5, 5.41) is 31.9. The van der Waals surface area contributed by atoms with Gasteiger partial charge in [0.15, 0.2) is 0 Å². The molecule has 0 fully saturated rings. The van der Waals surface area contributed by atoms with Gasteiger partial charge in [-0.05, 0) is 0 Å². The highest BCUT2D eigenvalue weighted by Crippen LogP contribution is 1.98. The fourth-order valence-corrected chi connectivity index (χ4v) is 0.634. The number of nitrogens with two attached hydrogens (primary N) is 4. The van der Waals surface area contributed by atoms with Gasteiger partial charge in [-0.3, -0.25) is 16.9 Å². The lowest BCUT2D eigenvalue weighted by Crippen LogP contribution is -2.51. The number of fused-ring (bicyclic) bond motifs is 1. The maximum absolute atomic E-state index is 10.5. The van der Waals surface area contributed by atoms with Gasteiger partial charge in [0.05, 0.1) is 0 Å². The lowest BCUT2D eigenvalue weighted by Gasteiger charge is -1.98. The van der Waals surface area contributed by atoms with Crippen molar-refractivity contribution in [1.82, 2.24) is 30.0 Å². The third-order valence-corrected chi connectivity index (χ3v) is 1.06. The van der Waals surface area contributed by atoms with Crippen molar-refractivity contribution in [3.05, 3.63) is 0 Å². The van der Waals surface area contributed by atoms with Gasteiger partial charge in [-0.25, -0.2) is 0 Å². The van der Waals surface area contributed by atoms with E-state index in [1.54, 1.807) is 0 Å². The van der Waals surface area contributed by atoms with Gasteiger partial charge in [-0.2, -0.15) is 9.61 Å². The molecular weight excluding hydrogens is 220 g/mol. The second-order valence-electron chi connectivity index (χ2n) is 2.25. The summed E-state index contributed by atoms with van der Waals surface area (Å²) in [5.41, 5.74) is 14.4. The highest BCUT2D eigenvalue weighted by atomic mass is 16.3. The highest BCUT2D eigenvalue weighted by molar-refractivity contribution is 5.68. The Morgan fingerprint density at radius 3 is 2.25 bits per heavy atom. The quantitative estimate of drug-likeness (QED) is 0.248. The van der Waals surface area contributed by atoms with E-state index in [0.717, 1.165) is 4.52 Å². The standard InChI is InChI=1S/C3H3N7O.CH5N3.H2O/c4-1-5-6-2-7-8-3(11)9-10(1)2;2-1(3)4;/h(H2,4,5)(H,9,11);(H5,2,3,4);1H2. The Balaban J connectivity index is 0.000000397. The Morgan fingerprint density at radius 2 is 1.69 bits per heavy atom. The van der Waals surface area contributed by atoms with E-state index in [-0.39, 0.29) is 23.2 Å². The van der Waals surface area contributed by atoms with Crippen LogP contribution in [-0.2, 0) is 0 Å². The summed E-state index contributed by atoms with van der Waals surface area (Å²) in [7, 11) is 0. The first-order chi connectivity index (χ1) is 7.00. The molecule has 0 unspecified atom stereocenters. The first kappa shape index (κ1) is 13.2. The van der Waals surface area contributed by atoms with Gasteiger partial charge in [0.1, 0.15) is 6.01 Å². The van der Waals surface area contributed by atoms with E-state index < -0.39 is 6.01 Å². The zero-order valence-electron chi connectivity index (χ0n) is 7.90. The summed E-state index contributed by atoms with van der Waals surface area (Å²) >= 11 is 0. The van der Waals surface area contributed by atoms with E-state index in [0.29, 0.717) is 0 Å². The molecule has 2 aromatic rings. The lowest BCUT2D eigenvalue weighted by atomic mass is 11.0. The molecule has 0 aromatic carbocycles. The van der Waals surface area contributed by atoms with E-state index in [4.69, 9.17) is 5.73 Å². The molecule has 0 saturated heterocycles. The zero-order valence-corrected chi connectivity index (χ0v) is 7.90. The number of hydrogen-bond donors (Lipinski definition) is 4. The Bertz CT molecular complexity index is 475. The maximum atomic E-state index is 10.5. The number of aromatic nitrogens is 6. The molecule has 0 aliphatic carbocycles. The number of rotatable bonds is 0. The Kier molecular flexibility index (Phi) is 4.31. The summed E-state index contributed by atoms with van der Waals surface area (Å²) in [6, 6.07) is -0.719. The van der Waals surface area contributed by atoms with Crippen LogP contribution in [0.2, 0.25) is 0 Å². The second-order valence-corrected chi connectivity index (χ2v) is 2.25. The van der Waals surface area contributed by atoms with Crippen molar-refractivity contribution < 1.29 is 16.0 Å². The number of hydrogen-bond acceptors (Lipinski definition) is 7. The van der Waals surface area contributed by atoms with Crippen LogP contribution in [0.15, 0.2) is 0 Å². The minimum Gasteiger partial charge on any atom is -0.842 e. The van der Waals surface area contributed by atoms with E-state index in [9.17, 15) is 5.11 Å². The van der Waals surface area contributed by atoms with Crippen LogP contribution in [0.3, 0.4) is 0 Å². The SMILES string of the molecule is NC(N)=[NH2+].Nc1nnc2nnc([O-])nn12.O. The fraction of sp³-hybridized carbons (Fsp3) is 0. The molecule has 2 heterocycles. The van der Waals surface area contributed by atoms with Crippen LogP contribution in [-0.4, -0.2) is 41.4 Å². The van der Waals surface area contributed by atoms with Gasteiger partial charge >= 0.3 is 5.96 Å². The fourth-order valence-electron chi connectivity index (χ4n) is 0.634. The molecule has 0 radical (unpaired) electrons. The predicted molar refractivity (Wildman–Crippen MR) is 49.2 cm³/mol. The van der Waals surface area contributed by atoms with Crippen LogP contribution < -0.4 is 27.7 Å². The average molecular weight is 230 g/mol. The van der Waals surface area contributed by atoms with Gasteiger partial charge in [0, 0.05) is 0 Å². The molecule has 12 nitrogen and oxygen atoms in total. The minimum absolute atomic E-state index is 0. The topological polar surface area (TPSA) is 227 Å². The third-order valence-electron chi connectivity index (χ3n) is 1.06. The van der Waals surface area contributed by atoms with Crippen molar-refractivity contribution in [2.45, 2.75) is 0 Å². The summed E-state index contributed by atoms with van der Waals surface area (Å²) in [6.45, 7) is 0. The molecule has 10 N–H and O–H groups in total. The Hall–Kier alpha value is -2.76. The molecule has 2 rings (SSSR count). The van der Waals surface area contributed by atoms with E-state index in [2.05, 4.69) is 42.4 Å². The predicted octanol–water partition coefficient (Wildman–Crippen LogP) is -6.24. The van der Waals surface area contributed by atoms with Crippen LogP contribution in [0, 0.1) is 0 Å². The molecule has 0 amide bonds. The number of guanidine groups is 1. The summed E-state index contributed by atoms with van der Waals surface area (Å²) in [4.78, 5) is 0. The van der Waals surface area contributed by atoms with Crippen molar-refractivity contribution in [2.24, 2.45) is 11.5 Å². The van der Waals surface area contributed by atoms with E-state index >= 15 is 0 Å². The van der Waals surface area contributed by atoms with Crippen LogP contribution in [0.1, 0.15) is 0 Å². The second kappa shape index (κ2) is 5.20. The Morgan fingerprint density at radius 1 is 1.19 bits per heavy atom. The van der Waals surface area contributed by atoms with Crippen molar-refractivity contribution >= 4 is 17.7 Å². The number of nitrogen functional groups attached to an aromatic ring is 1. The average Bonchev–Trinajstić information content (AvgIpc) is 2.47. The van der Waals surface area contributed by atoms with Gasteiger partial charge in [-0.1, -0.05) is 0 Å². The summed E-state index contributed by atoms with van der Waals surface area (Å²) < 4.78 is 1.02. The molecule has 0 atom stereocenters. The van der Waals surface area contributed by atoms with Crippen LogP contribution in [0.4, 0.5) is 5.95 Å². The summed E-state index contributed by atoms with van der Waals surface area (Å²) in [5.74, 6) is 0.0501. The maximum Gasteiger partial charge on any atom is 0.336 e. The molecule has 16 heavy (non-hydrogen) atoms. The van der Waals surface area contributed by atoms with Crippen molar-refractivity contribution in [3.8, 4) is 6.01 Å². The van der Waals surface area contributed by atoms with E-state index in [1.165, 1.54) is 0 Å². The number of anilines is 1. The molecule has 0 aliphatic heterocycles. The van der Waals surface area contributed by atoms with Crippen molar-refractivity contribution in [3.63, 3.8) is 0 Å². The molecule has 88 valence electrons. The van der Waals surface area contributed by atoms with Gasteiger partial charge in [0.2, 0.25) is 5.95 Å². The molecule has 2 aromatic heterocycles. The zero-order chi connectivity index (χ0) is 11.4. The molecule has 0 aliphatic rings. The van der Waals surface area contributed by atoms with Gasteiger partial charge in [0.25, 0.3) is 5.78 Å². The van der Waals surface area contributed by atoms with Gasteiger partial charge in [-0.15, -0.1) is 20.4 Å². The largest absolute Gasteiger partial charge is 0.842 e. The monoisotopic (exact) mass is 230 g/mol. The van der Waals surface area contributed by atoms with Crippen LogP contribution in [0.25, 0.3) is 5.78 Å². The lowest BCUT2D eigenvalue weighted by molar-refractivity contribution is -0.284. The van der Waals surface area contributed by atoms with Crippen LogP contribution >= 0.6 is 0 Å². The molecular formula is C4H10N10O2. The smallest absolute Gasteiger partial charge is 0.336 e. The summed E-state index contributed by atoms with van der Waals surface area (Å²) in [6.07, 6.45) is 0. The molecule has 0 spiro atoms. The molecule has 0 bridgehead atoms. The molecule has 0 saturated carbocycles. The molecule has 12 heteroatoms. The van der Waals surface area contributed by atoms with Crippen molar-refractivity contribution in [2.75, 3.05) is 5.73 Å². The van der Waals surface area contributed by atoms with Gasteiger partial charge < -0.3 is 16.3 Å². The van der Waals surface area contributed by atoms with Crippen LogP contribution in [0.5, 0.6) is 6.01 Å². The minimum atomic E-state index is -0.719. The Labute approximate surface area is 87.9 Å². The number of nitrogens with zero attached hydrogens (tertiary/aromatic N) is 6. The van der Waals surface area contributed by atoms with E-state index in [1.807, 2.05) is 0 Å². The first-order valence-corrected chi connectivity index (χ1v) is 3.52. The first-order valence-electron chi connectivity index (χ1n) is 3.52. The highest BCUT2D eigenvalue weighted by Gasteiger charge is 2.01. The van der Waals surface area contributed by atoms with Crippen molar-refractivity contribution in [1.29, 1.82) is 0 Å². The third kappa shape index (κ3) is 3.18. The normalized spacial score (nSPS) is 8.75.